The van der Waals surface area contributed by atoms with Gasteiger partial charge in [-0.05, 0) is 31.6 Å². The predicted octanol–water partition coefficient (Wildman–Crippen LogP) is 3.08. The molecule has 2 aromatic heterocycles. The number of aliphatic imine (C=N–C) groups is 1. The van der Waals surface area contributed by atoms with Crippen molar-refractivity contribution in [3.8, 4) is 0 Å². The molecule has 156 valence electrons. The summed E-state index contributed by atoms with van der Waals surface area (Å²) in [4.78, 5) is 12.4. The van der Waals surface area contributed by atoms with Crippen LogP contribution < -0.4 is 5.73 Å². The Balaban J connectivity index is 1.20. The maximum atomic E-state index is 11.0. The van der Waals surface area contributed by atoms with Crippen molar-refractivity contribution in [3.63, 3.8) is 0 Å². The lowest BCUT2D eigenvalue weighted by molar-refractivity contribution is -0.0129. The highest BCUT2D eigenvalue weighted by molar-refractivity contribution is 5.93. The molecule has 3 heterocycles. The zero-order chi connectivity index (χ0) is 20.5. The number of nitrogen functional groups attached to an aromatic ring is 1. The van der Waals surface area contributed by atoms with E-state index in [4.69, 9.17) is 10.5 Å². The van der Waals surface area contributed by atoms with Gasteiger partial charge in [0.05, 0.1) is 37.4 Å². The van der Waals surface area contributed by atoms with Crippen LogP contribution in [0.1, 0.15) is 42.6 Å². The molecule has 1 aliphatic heterocycles. The SMILES string of the molecule is Nc1ncncc1COC1CCC(C(O)Cc2c3ccccc3c3n2C=NC3)CC1. The van der Waals surface area contributed by atoms with Crippen LogP contribution in [0.5, 0.6) is 0 Å². The van der Waals surface area contributed by atoms with E-state index in [2.05, 4.69) is 43.8 Å². The summed E-state index contributed by atoms with van der Waals surface area (Å²) < 4.78 is 8.21. The van der Waals surface area contributed by atoms with Gasteiger partial charge in [0.2, 0.25) is 0 Å². The van der Waals surface area contributed by atoms with Crippen molar-refractivity contribution in [1.29, 1.82) is 0 Å². The number of fused-ring (bicyclic) bond motifs is 3. The molecular formula is C23H27N5O2. The van der Waals surface area contributed by atoms with Gasteiger partial charge >= 0.3 is 0 Å². The van der Waals surface area contributed by atoms with E-state index in [0.29, 0.717) is 24.8 Å². The first kappa shape index (κ1) is 19.2. The summed E-state index contributed by atoms with van der Waals surface area (Å²) in [5, 5.41) is 13.5. The number of benzene rings is 1. The lowest BCUT2D eigenvalue weighted by atomic mass is 9.82. The molecule has 7 heteroatoms. The largest absolute Gasteiger partial charge is 0.392 e. The topological polar surface area (TPSA) is 98.5 Å². The summed E-state index contributed by atoms with van der Waals surface area (Å²) in [6.07, 6.45) is 9.37. The number of hydrogen-bond donors (Lipinski definition) is 2. The average molecular weight is 406 g/mol. The Kier molecular flexibility index (Phi) is 5.23. The maximum absolute atomic E-state index is 11.0. The van der Waals surface area contributed by atoms with Crippen LogP contribution in [-0.2, 0) is 24.3 Å². The second-order valence-electron chi connectivity index (χ2n) is 8.32. The van der Waals surface area contributed by atoms with E-state index < -0.39 is 0 Å². The zero-order valence-electron chi connectivity index (χ0n) is 16.9. The smallest absolute Gasteiger partial charge is 0.132 e. The molecule has 5 rings (SSSR count). The van der Waals surface area contributed by atoms with Crippen LogP contribution in [0.25, 0.3) is 10.8 Å². The minimum Gasteiger partial charge on any atom is -0.392 e. The minimum atomic E-state index is -0.361. The second kappa shape index (κ2) is 8.16. The summed E-state index contributed by atoms with van der Waals surface area (Å²) in [5.74, 6) is 0.767. The highest BCUT2D eigenvalue weighted by Gasteiger charge is 2.29. The Labute approximate surface area is 175 Å². The van der Waals surface area contributed by atoms with E-state index in [-0.39, 0.29) is 12.2 Å². The number of aliphatic hydroxyl groups excluding tert-OH is 1. The van der Waals surface area contributed by atoms with E-state index in [1.54, 1.807) is 6.20 Å². The first-order valence-electron chi connectivity index (χ1n) is 10.7. The maximum Gasteiger partial charge on any atom is 0.132 e. The Bertz CT molecular complexity index is 1070. The van der Waals surface area contributed by atoms with Crippen molar-refractivity contribution in [2.45, 2.75) is 57.5 Å². The molecular weight excluding hydrogens is 378 g/mol. The van der Waals surface area contributed by atoms with Gasteiger partial charge in [-0.3, -0.25) is 4.99 Å². The molecule has 1 aliphatic carbocycles. The Morgan fingerprint density at radius 1 is 1.17 bits per heavy atom. The molecule has 1 saturated carbocycles. The quantitative estimate of drug-likeness (QED) is 0.657. The summed E-state index contributed by atoms with van der Waals surface area (Å²) in [7, 11) is 0. The molecule has 1 atom stereocenters. The fourth-order valence-electron chi connectivity index (χ4n) is 4.82. The third-order valence-corrected chi connectivity index (χ3v) is 6.53. The van der Waals surface area contributed by atoms with Crippen LogP contribution in [0.3, 0.4) is 0 Å². The molecule has 0 saturated heterocycles. The number of nitrogens with two attached hydrogens (primary N) is 1. The van der Waals surface area contributed by atoms with Gasteiger partial charge in [0, 0.05) is 34.6 Å². The fourth-order valence-corrected chi connectivity index (χ4v) is 4.82. The minimum absolute atomic E-state index is 0.193. The fraction of sp³-hybridized carbons (Fsp3) is 0.435. The average Bonchev–Trinajstić information content (AvgIpc) is 3.36. The van der Waals surface area contributed by atoms with Crippen molar-refractivity contribution in [3.05, 3.63) is 53.7 Å². The normalized spacial score (nSPS) is 21.8. The van der Waals surface area contributed by atoms with Gasteiger partial charge in [-0.1, -0.05) is 24.3 Å². The molecule has 0 radical (unpaired) electrons. The van der Waals surface area contributed by atoms with E-state index >= 15 is 0 Å². The molecule has 0 bridgehead atoms. The van der Waals surface area contributed by atoms with Crippen molar-refractivity contribution >= 4 is 22.9 Å². The van der Waals surface area contributed by atoms with E-state index in [9.17, 15) is 5.11 Å². The number of aromatic nitrogens is 3. The molecule has 0 amide bonds. The van der Waals surface area contributed by atoms with Gasteiger partial charge in [0.1, 0.15) is 12.1 Å². The Hall–Kier alpha value is -2.77. The molecule has 30 heavy (non-hydrogen) atoms. The summed E-state index contributed by atoms with van der Waals surface area (Å²) in [6, 6.07) is 8.44. The predicted molar refractivity (Wildman–Crippen MR) is 116 cm³/mol. The molecule has 2 aliphatic rings. The highest BCUT2D eigenvalue weighted by Crippen LogP contribution is 2.34. The van der Waals surface area contributed by atoms with Crippen LogP contribution in [0.15, 0.2) is 41.8 Å². The number of aliphatic hydroxyl groups is 1. The molecule has 3 aromatic rings. The van der Waals surface area contributed by atoms with Crippen LogP contribution in [0.4, 0.5) is 5.82 Å². The van der Waals surface area contributed by atoms with Crippen molar-refractivity contribution in [2.75, 3.05) is 5.73 Å². The molecule has 1 fully saturated rings. The lowest BCUT2D eigenvalue weighted by Crippen LogP contribution is -2.31. The molecule has 7 nitrogen and oxygen atoms in total. The third-order valence-electron chi connectivity index (χ3n) is 6.53. The zero-order valence-corrected chi connectivity index (χ0v) is 16.9. The number of ether oxygens (including phenoxy) is 1. The van der Waals surface area contributed by atoms with E-state index in [0.717, 1.165) is 37.8 Å². The highest BCUT2D eigenvalue weighted by atomic mass is 16.5. The first-order valence-corrected chi connectivity index (χ1v) is 10.7. The summed E-state index contributed by atoms with van der Waals surface area (Å²) >= 11 is 0. The van der Waals surface area contributed by atoms with E-state index in [1.807, 2.05) is 6.34 Å². The van der Waals surface area contributed by atoms with Gasteiger partial charge in [0.15, 0.2) is 0 Å². The standard InChI is InChI=1S/C23H27N5O2/c24-23-16(10-25-13-27-23)12-30-17-7-5-15(6-8-17)22(29)9-20-18-3-1-2-4-19(18)21-11-26-14-28(20)21/h1-4,10,13-15,17,22,29H,5-9,11-12H2,(H2,24,25,27). The number of anilines is 1. The summed E-state index contributed by atoms with van der Waals surface area (Å²) in [5.41, 5.74) is 9.10. The number of rotatable bonds is 6. The van der Waals surface area contributed by atoms with Crippen molar-refractivity contribution < 1.29 is 9.84 Å². The molecule has 3 N–H and O–H groups in total. The lowest BCUT2D eigenvalue weighted by Gasteiger charge is -2.31. The van der Waals surface area contributed by atoms with Crippen molar-refractivity contribution in [1.82, 2.24) is 14.5 Å². The van der Waals surface area contributed by atoms with Gasteiger partial charge in [-0.25, -0.2) is 9.97 Å². The number of nitrogens with zero attached hydrogens (tertiary/aromatic N) is 4. The third kappa shape index (κ3) is 3.59. The van der Waals surface area contributed by atoms with Gasteiger partial charge < -0.3 is 20.1 Å². The molecule has 0 spiro atoms. The van der Waals surface area contributed by atoms with Crippen molar-refractivity contribution in [2.24, 2.45) is 10.9 Å². The van der Waals surface area contributed by atoms with Crippen LogP contribution >= 0.6 is 0 Å². The first-order chi connectivity index (χ1) is 14.7. The van der Waals surface area contributed by atoms with Crippen LogP contribution in [-0.4, -0.2) is 38.2 Å². The van der Waals surface area contributed by atoms with Gasteiger partial charge in [0.25, 0.3) is 0 Å². The van der Waals surface area contributed by atoms with Crippen LogP contribution in [0, 0.1) is 5.92 Å². The van der Waals surface area contributed by atoms with E-state index in [1.165, 1.54) is 28.5 Å². The van der Waals surface area contributed by atoms with Gasteiger partial charge in [-0.15, -0.1) is 0 Å². The number of hydrogen-bond acceptors (Lipinski definition) is 6. The Morgan fingerprint density at radius 3 is 2.77 bits per heavy atom. The van der Waals surface area contributed by atoms with Crippen LogP contribution in [0.2, 0.25) is 0 Å². The molecule has 1 unspecified atom stereocenters. The molecule has 1 aromatic carbocycles. The second-order valence-corrected chi connectivity index (χ2v) is 8.32. The summed E-state index contributed by atoms with van der Waals surface area (Å²) in [6.45, 7) is 1.15. The monoisotopic (exact) mass is 405 g/mol. The van der Waals surface area contributed by atoms with Gasteiger partial charge in [-0.2, -0.15) is 0 Å². The Morgan fingerprint density at radius 2 is 1.97 bits per heavy atom.